The lowest BCUT2D eigenvalue weighted by atomic mass is 9.78. The molecule has 1 aliphatic carbocycles. The van der Waals surface area contributed by atoms with Gasteiger partial charge in [0.1, 0.15) is 6.10 Å². The highest BCUT2D eigenvalue weighted by Gasteiger charge is 2.23. The molecule has 0 aromatic rings. The molecule has 0 saturated heterocycles. The van der Waals surface area contributed by atoms with Crippen molar-refractivity contribution in [1.82, 2.24) is 0 Å². The van der Waals surface area contributed by atoms with Gasteiger partial charge in [-0.25, -0.2) is 0 Å². The lowest BCUT2D eigenvalue weighted by Gasteiger charge is -2.28. The summed E-state index contributed by atoms with van der Waals surface area (Å²) in [5.74, 6) is 0.943. The molecule has 0 radical (unpaired) electrons. The highest BCUT2D eigenvalue weighted by molar-refractivity contribution is 4.87. The third-order valence-electron chi connectivity index (χ3n) is 2.60. The Morgan fingerprint density at radius 3 is 2.64 bits per heavy atom. The first-order valence-corrected chi connectivity index (χ1v) is 4.31. The van der Waals surface area contributed by atoms with Crippen LogP contribution in [0.25, 0.3) is 0 Å². The van der Waals surface area contributed by atoms with Gasteiger partial charge >= 0.3 is 0 Å². The van der Waals surface area contributed by atoms with Crippen molar-refractivity contribution < 1.29 is 5.11 Å². The van der Waals surface area contributed by atoms with Crippen LogP contribution in [-0.4, -0.2) is 11.2 Å². The van der Waals surface area contributed by atoms with E-state index in [-0.39, 0.29) is 5.92 Å². The molecule has 2 nitrogen and oxygen atoms in total. The van der Waals surface area contributed by atoms with Gasteiger partial charge in [0.15, 0.2) is 0 Å². The number of aliphatic hydroxyl groups excluding tert-OH is 1. The number of nitrogens with zero attached hydrogens (tertiary/aromatic N) is 1. The zero-order valence-electron chi connectivity index (χ0n) is 6.95. The Balaban J connectivity index is 2.19. The second kappa shape index (κ2) is 3.73. The largest absolute Gasteiger partial charge is 0.378 e. The first-order valence-electron chi connectivity index (χ1n) is 4.31. The summed E-state index contributed by atoms with van der Waals surface area (Å²) in [6.45, 7) is 1.95. The lowest BCUT2D eigenvalue weighted by Crippen LogP contribution is -2.22. The lowest BCUT2D eigenvalue weighted by molar-refractivity contribution is 0.133. The molecule has 0 amide bonds. The van der Waals surface area contributed by atoms with E-state index in [0.717, 1.165) is 12.3 Å². The smallest absolute Gasteiger partial charge is 0.143 e. The van der Waals surface area contributed by atoms with Crippen molar-refractivity contribution in [3.63, 3.8) is 0 Å². The topological polar surface area (TPSA) is 44.0 Å². The summed E-state index contributed by atoms with van der Waals surface area (Å²) >= 11 is 0. The second-order valence-corrected chi connectivity index (χ2v) is 3.58. The summed E-state index contributed by atoms with van der Waals surface area (Å²) in [5, 5.41) is 17.5. The van der Waals surface area contributed by atoms with Crippen LogP contribution in [0.1, 0.15) is 32.6 Å². The number of aliphatic hydroxyl groups is 1. The Hall–Kier alpha value is -0.550. The van der Waals surface area contributed by atoms with Gasteiger partial charge in [-0.2, -0.15) is 5.26 Å². The van der Waals surface area contributed by atoms with Gasteiger partial charge in [0.05, 0.1) is 6.07 Å². The molecule has 11 heavy (non-hydrogen) atoms. The number of nitriles is 1. The number of hydrogen-bond donors (Lipinski definition) is 1. The summed E-state index contributed by atoms with van der Waals surface area (Å²) in [6.07, 6.45) is 4.19. The summed E-state index contributed by atoms with van der Waals surface area (Å²) < 4.78 is 0. The SMILES string of the molecule is CC(CC1CCC1)C(O)C#N. The Bertz CT molecular complexity index is 157. The molecule has 0 aliphatic heterocycles. The molecule has 1 fully saturated rings. The molecule has 1 N–H and O–H groups in total. The Labute approximate surface area is 67.8 Å². The molecule has 0 spiro atoms. The molecule has 1 rings (SSSR count). The van der Waals surface area contributed by atoms with Crippen LogP contribution in [-0.2, 0) is 0 Å². The first-order chi connectivity index (χ1) is 5.24. The average Bonchev–Trinajstić information content (AvgIpc) is 1.94. The monoisotopic (exact) mass is 153 g/mol. The van der Waals surface area contributed by atoms with Gasteiger partial charge in [-0.05, 0) is 18.3 Å². The first kappa shape index (κ1) is 8.55. The molecular formula is C9H15NO. The van der Waals surface area contributed by atoms with Crippen LogP contribution >= 0.6 is 0 Å². The van der Waals surface area contributed by atoms with Crippen molar-refractivity contribution in [3.8, 4) is 6.07 Å². The van der Waals surface area contributed by atoms with E-state index in [4.69, 9.17) is 10.4 Å². The average molecular weight is 153 g/mol. The minimum atomic E-state index is -0.754. The molecule has 2 unspecified atom stereocenters. The maximum atomic E-state index is 9.13. The normalized spacial score (nSPS) is 23.4. The quantitative estimate of drug-likeness (QED) is 0.627. The van der Waals surface area contributed by atoms with Crippen molar-refractivity contribution in [1.29, 1.82) is 5.26 Å². The minimum Gasteiger partial charge on any atom is -0.378 e. The van der Waals surface area contributed by atoms with Gasteiger partial charge < -0.3 is 5.11 Å². The molecule has 1 aliphatic rings. The van der Waals surface area contributed by atoms with Crippen LogP contribution in [0, 0.1) is 23.2 Å². The van der Waals surface area contributed by atoms with E-state index in [0.29, 0.717) is 0 Å². The highest BCUT2D eigenvalue weighted by atomic mass is 16.3. The van der Waals surface area contributed by atoms with Gasteiger partial charge in [0.2, 0.25) is 0 Å². The summed E-state index contributed by atoms with van der Waals surface area (Å²) in [4.78, 5) is 0. The van der Waals surface area contributed by atoms with Crippen LogP contribution in [0.4, 0.5) is 0 Å². The fourth-order valence-electron chi connectivity index (χ4n) is 1.51. The van der Waals surface area contributed by atoms with Crippen molar-refractivity contribution >= 4 is 0 Å². The van der Waals surface area contributed by atoms with E-state index in [1.807, 2.05) is 13.0 Å². The van der Waals surface area contributed by atoms with Crippen molar-refractivity contribution in [2.24, 2.45) is 11.8 Å². The van der Waals surface area contributed by atoms with Crippen LogP contribution < -0.4 is 0 Å². The molecule has 0 heterocycles. The second-order valence-electron chi connectivity index (χ2n) is 3.58. The molecule has 2 heteroatoms. The van der Waals surface area contributed by atoms with Crippen molar-refractivity contribution in [2.45, 2.75) is 38.7 Å². The van der Waals surface area contributed by atoms with Crippen molar-refractivity contribution in [3.05, 3.63) is 0 Å². The van der Waals surface area contributed by atoms with Gasteiger partial charge in [0.25, 0.3) is 0 Å². The van der Waals surface area contributed by atoms with Crippen molar-refractivity contribution in [2.75, 3.05) is 0 Å². The Morgan fingerprint density at radius 2 is 2.27 bits per heavy atom. The third kappa shape index (κ3) is 2.20. The molecule has 0 bridgehead atoms. The predicted octanol–water partition coefficient (Wildman–Crippen LogP) is 1.70. The zero-order chi connectivity index (χ0) is 8.27. The summed E-state index contributed by atoms with van der Waals surface area (Å²) in [5.41, 5.74) is 0. The van der Waals surface area contributed by atoms with E-state index >= 15 is 0 Å². The summed E-state index contributed by atoms with van der Waals surface area (Å²) in [7, 11) is 0. The van der Waals surface area contributed by atoms with E-state index in [2.05, 4.69) is 0 Å². The maximum Gasteiger partial charge on any atom is 0.143 e. The van der Waals surface area contributed by atoms with Crippen LogP contribution in [0.2, 0.25) is 0 Å². The standard InChI is InChI=1S/C9H15NO/c1-7(9(11)6-10)5-8-3-2-4-8/h7-9,11H,2-5H2,1H3. The molecule has 0 aromatic heterocycles. The molecule has 0 aromatic carbocycles. The zero-order valence-corrected chi connectivity index (χ0v) is 6.95. The van der Waals surface area contributed by atoms with Crippen LogP contribution in [0.5, 0.6) is 0 Å². The van der Waals surface area contributed by atoms with E-state index in [1.54, 1.807) is 0 Å². The van der Waals surface area contributed by atoms with Crippen LogP contribution in [0.15, 0.2) is 0 Å². The Kier molecular flexibility index (Phi) is 2.90. The maximum absolute atomic E-state index is 9.13. The van der Waals surface area contributed by atoms with E-state index in [9.17, 15) is 0 Å². The molecular weight excluding hydrogens is 138 g/mol. The van der Waals surface area contributed by atoms with E-state index in [1.165, 1.54) is 19.3 Å². The van der Waals surface area contributed by atoms with Gasteiger partial charge in [-0.3, -0.25) is 0 Å². The van der Waals surface area contributed by atoms with Gasteiger partial charge in [-0.15, -0.1) is 0 Å². The number of hydrogen-bond acceptors (Lipinski definition) is 2. The third-order valence-corrected chi connectivity index (χ3v) is 2.60. The number of rotatable bonds is 3. The predicted molar refractivity (Wildman–Crippen MR) is 42.7 cm³/mol. The molecule has 2 atom stereocenters. The fraction of sp³-hybridized carbons (Fsp3) is 0.889. The summed E-state index contributed by atoms with van der Waals surface area (Å²) in [6, 6.07) is 1.87. The Morgan fingerprint density at radius 1 is 1.64 bits per heavy atom. The minimum absolute atomic E-state index is 0.158. The van der Waals surface area contributed by atoms with Gasteiger partial charge in [-0.1, -0.05) is 26.2 Å². The van der Waals surface area contributed by atoms with Crippen LogP contribution in [0.3, 0.4) is 0 Å². The highest BCUT2D eigenvalue weighted by Crippen LogP contribution is 2.32. The molecule has 1 saturated carbocycles. The van der Waals surface area contributed by atoms with Gasteiger partial charge in [0, 0.05) is 0 Å². The van der Waals surface area contributed by atoms with E-state index < -0.39 is 6.10 Å². The molecule has 62 valence electrons. The fourth-order valence-corrected chi connectivity index (χ4v) is 1.51.